The first kappa shape index (κ1) is 17.1. The Morgan fingerprint density at radius 1 is 0.952 bits per heavy atom. The van der Waals surface area contributed by atoms with Gasteiger partial charge in [0, 0.05) is 0 Å². The average Bonchev–Trinajstić information content (AvgIpc) is 2.78. The number of nitrogens with zero attached hydrogens (tertiary/aromatic N) is 4. The van der Waals surface area contributed by atoms with Crippen LogP contribution in [0.25, 0.3) is 0 Å². The summed E-state index contributed by atoms with van der Waals surface area (Å²) in [4.78, 5) is 6.35. The Balaban J connectivity index is 0.00000220. The van der Waals surface area contributed by atoms with E-state index in [-0.39, 0.29) is 42.1 Å². The quantitative estimate of drug-likeness (QED) is 0.458. The molecule has 1 aliphatic rings. The summed E-state index contributed by atoms with van der Waals surface area (Å²) >= 11 is 0. The summed E-state index contributed by atoms with van der Waals surface area (Å²) in [6, 6.07) is 5.18. The average molecular weight is 294 g/mol. The smallest absolute Gasteiger partial charge is 1.00 e. The Labute approximate surface area is 127 Å². The van der Waals surface area contributed by atoms with Crippen molar-refractivity contribution in [3.63, 3.8) is 0 Å². The van der Waals surface area contributed by atoms with Gasteiger partial charge in [0.15, 0.2) is 0 Å². The van der Waals surface area contributed by atoms with Gasteiger partial charge in [0.05, 0.1) is 21.8 Å². The van der Waals surface area contributed by atoms with Crippen LogP contribution in [0.2, 0.25) is 0 Å². The van der Waals surface area contributed by atoms with Crippen molar-refractivity contribution in [2.45, 2.75) is 18.3 Å². The first-order valence-electron chi connectivity index (χ1n) is 5.05. The van der Waals surface area contributed by atoms with Gasteiger partial charge in [0.2, 0.25) is 6.17 Å². The van der Waals surface area contributed by atoms with Crippen LogP contribution in [0.1, 0.15) is 12.6 Å². The standard InChI is InChI=1S/C11H3F5N4.Li.H/c12-10(13,11(14,15)16)9-19-7-1-5(3-17)6(4-18)2-8(7)20-9;;/h1-2,9H;;/q;+1;-1. The molecule has 1 aliphatic heterocycles. The number of benzene rings is 1. The number of halogens is 5. The zero-order chi connectivity index (χ0) is 15.1. The summed E-state index contributed by atoms with van der Waals surface area (Å²) in [5.74, 6) is -5.12. The van der Waals surface area contributed by atoms with Crippen molar-refractivity contribution in [3.8, 4) is 12.1 Å². The van der Waals surface area contributed by atoms with Crippen LogP contribution in [0.3, 0.4) is 0 Å². The Bertz CT molecular complexity index is 725. The molecule has 4 nitrogen and oxygen atoms in total. The van der Waals surface area contributed by atoms with Crippen LogP contribution in [0, 0.1) is 22.7 Å². The van der Waals surface area contributed by atoms with Crippen molar-refractivity contribution in [1.82, 2.24) is 0 Å². The summed E-state index contributed by atoms with van der Waals surface area (Å²) < 4.78 is 62.9. The van der Waals surface area contributed by atoms with Crippen molar-refractivity contribution in [1.29, 1.82) is 10.5 Å². The van der Waals surface area contributed by atoms with Gasteiger partial charge in [-0.25, -0.2) is 9.98 Å². The van der Waals surface area contributed by atoms with Gasteiger partial charge < -0.3 is 1.43 Å². The van der Waals surface area contributed by atoms with Crippen molar-refractivity contribution < 1.29 is 42.2 Å². The Hall–Kier alpha value is -1.95. The van der Waals surface area contributed by atoms with E-state index in [0.717, 1.165) is 12.1 Å². The third kappa shape index (κ3) is 2.76. The summed E-state index contributed by atoms with van der Waals surface area (Å²) in [6.07, 6.45) is -8.43. The molecular formula is C11H4F5LiN4. The zero-order valence-electron chi connectivity index (χ0n) is 11.4. The Kier molecular flexibility index (Phi) is 4.43. The molecule has 0 unspecified atom stereocenters. The van der Waals surface area contributed by atoms with Crippen molar-refractivity contribution in [2.75, 3.05) is 0 Å². The van der Waals surface area contributed by atoms with Crippen LogP contribution in [0.4, 0.5) is 22.0 Å². The van der Waals surface area contributed by atoms with E-state index in [0.29, 0.717) is 0 Å². The number of fused-ring (bicyclic) bond motifs is 1. The minimum atomic E-state index is -5.79. The SMILES string of the molecule is N#Cc1cc2c(cc1C#N)=NC(C(F)(F)C(F)(F)F)N=2.[H-].[Li+]. The molecule has 2 rings (SSSR count). The van der Waals surface area contributed by atoms with E-state index in [4.69, 9.17) is 10.5 Å². The van der Waals surface area contributed by atoms with Gasteiger partial charge in [-0.3, -0.25) is 0 Å². The first-order chi connectivity index (χ1) is 9.20. The molecular weight excluding hydrogens is 290 g/mol. The largest absolute Gasteiger partial charge is 1.00 e. The molecule has 1 aromatic carbocycles. The van der Waals surface area contributed by atoms with E-state index in [2.05, 4.69) is 9.98 Å². The number of rotatable bonds is 1. The Morgan fingerprint density at radius 2 is 1.33 bits per heavy atom. The minimum absolute atomic E-state index is 0. The molecule has 0 bridgehead atoms. The fourth-order valence-corrected chi connectivity index (χ4v) is 1.57. The summed E-state index contributed by atoms with van der Waals surface area (Å²) in [5, 5.41) is 16.9. The molecule has 104 valence electrons. The van der Waals surface area contributed by atoms with Gasteiger partial charge in [-0.2, -0.15) is 32.5 Å². The predicted octanol–water partition coefficient (Wildman–Crippen LogP) is -1.68. The third-order valence-electron chi connectivity index (χ3n) is 2.58. The molecule has 21 heavy (non-hydrogen) atoms. The van der Waals surface area contributed by atoms with Crippen molar-refractivity contribution >= 4 is 0 Å². The Morgan fingerprint density at radius 3 is 1.62 bits per heavy atom. The molecule has 10 heteroatoms. The van der Waals surface area contributed by atoms with Crippen LogP contribution < -0.4 is 29.6 Å². The van der Waals surface area contributed by atoms with E-state index in [1.165, 1.54) is 0 Å². The molecule has 1 aromatic rings. The van der Waals surface area contributed by atoms with Crippen LogP contribution in [-0.2, 0) is 0 Å². The van der Waals surface area contributed by atoms with Crippen LogP contribution in [0.5, 0.6) is 0 Å². The van der Waals surface area contributed by atoms with Gasteiger partial charge in [-0.1, -0.05) is 0 Å². The second-order valence-corrected chi connectivity index (χ2v) is 3.86. The molecule has 0 amide bonds. The zero-order valence-corrected chi connectivity index (χ0v) is 10.4. The summed E-state index contributed by atoms with van der Waals surface area (Å²) in [7, 11) is 0. The van der Waals surface area contributed by atoms with E-state index >= 15 is 0 Å². The van der Waals surface area contributed by atoms with Crippen LogP contribution in [-0.4, -0.2) is 18.3 Å². The molecule has 0 atom stereocenters. The first-order valence-corrected chi connectivity index (χ1v) is 5.05. The van der Waals surface area contributed by atoms with Gasteiger partial charge in [-0.05, 0) is 12.1 Å². The second kappa shape index (κ2) is 5.44. The van der Waals surface area contributed by atoms with Gasteiger partial charge in [0.1, 0.15) is 12.1 Å². The summed E-state index contributed by atoms with van der Waals surface area (Å²) in [6.45, 7) is 0. The van der Waals surface area contributed by atoms with Crippen molar-refractivity contribution in [3.05, 3.63) is 34.0 Å². The van der Waals surface area contributed by atoms with Gasteiger partial charge in [-0.15, -0.1) is 0 Å². The van der Waals surface area contributed by atoms with E-state index in [1.54, 1.807) is 12.1 Å². The number of nitriles is 2. The maximum Gasteiger partial charge on any atom is 1.00 e. The topological polar surface area (TPSA) is 72.3 Å². The fraction of sp³-hybridized carbons (Fsp3) is 0.273. The molecule has 0 spiro atoms. The molecule has 0 saturated heterocycles. The normalized spacial score (nSPS) is 14.0. The molecule has 0 radical (unpaired) electrons. The molecule has 0 fully saturated rings. The second-order valence-electron chi connectivity index (χ2n) is 3.86. The monoisotopic (exact) mass is 294 g/mol. The number of hydrogen-bond donors (Lipinski definition) is 0. The van der Waals surface area contributed by atoms with Gasteiger partial charge in [0.25, 0.3) is 0 Å². The molecule has 0 aliphatic carbocycles. The third-order valence-corrected chi connectivity index (χ3v) is 2.58. The van der Waals surface area contributed by atoms with Crippen LogP contribution >= 0.6 is 0 Å². The number of alkyl halides is 5. The summed E-state index contributed by atoms with van der Waals surface area (Å²) in [5.41, 5.74) is -0.331. The fourth-order valence-electron chi connectivity index (χ4n) is 1.57. The van der Waals surface area contributed by atoms with E-state index < -0.39 is 18.3 Å². The van der Waals surface area contributed by atoms with Crippen molar-refractivity contribution in [2.24, 2.45) is 9.98 Å². The van der Waals surface area contributed by atoms with Gasteiger partial charge >= 0.3 is 31.0 Å². The molecule has 1 heterocycles. The van der Waals surface area contributed by atoms with E-state index in [9.17, 15) is 22.0 Å². The molecule has 0 saturated carbocycles. The predicted molar refractivity (Wildman–Crippen MR) is 54.1 cm³/mol. The number of hydrogen-bond acceptors (Lipinski definition) is 4. The van der Waals surface area contributed by atoms with Crippen LogP contribution in [0.15, 0.2) is 22.1 Å². The van der Waals surface area contributed by atoms with E-state index in [1.807, 2.05) is 0 Å². The molecule has 0 N–H and O–H groups in total. The minimum Gasteiger partial charge on any atom is -1.00 e. The maximum absolute atomic E-state index is 13.1. The molecule has 0 aromatic heterocycles. The maximum atomic E-state index is 13.1.